The zero-order chi connectivity index (χ0) is 15.6. The molecule has 0 amide bonds. The molecule has 0 saturated carbocycles. The molecule has 1 saturated heterocycles. The SMILES string of the molecule is CCC1CN(S(=O)(=O)c2cc(F)c(Cl)c(CO)c2)CCO1. The highest BCUT2D eigenvalue weighted by molar-refractivity contribution is 7.89. The predicted octanol–water partition coefficient (Wildman–Crippen LogP) is 1.77. The van der Waals surface area contributed by atoms with Crippen LogP contribution in [0.5, 0.6) is 0 Å². The van der Waals surface area contributed by atoms with E-state index < -0.39 is 22.4 Å². The summed E-state index contributed by atoms with van der Waals surface area (Å²) in [7, 11) is -3.83. The van der Waals surface area contributed by atoms with Crippen LogP contribution in [0.1, 0.15) is 18.9 Å². The number of ether oxygens (including phenoxy) is 1. The van der Waals surface area contributed by atoms with Crippen LogP contribution >= 0.6 is 11.6 Å². The van der Waals surface area contributed by atoms with Crippen molar-refractivity contribution in [3.05, 3.63) is 28.5 Å². The molecule has 0 bridgehead atoms. The Balaban J connectivity index is 2.37. The van der Waals surface area contributed by atoms with Crippen molar-refractivity contribution < 1.29 is 22.7 Å². The summed E-state index contributed by atoms with van der Waals surface area (Å²) in [6, 6.07) is 2.09. The smallest absolute Gasteiger partial charge is 0.243 e. The molecule has 1 unspecified atom stereocenters. The molecule has 1 fully saturated rings. The van der Waals surface area contributed by atoms with Gasteiger partial charge in [0.25, 0.3) is 0 Å². The number of benzene rings is 1. The average molecular weight is 338 g/mol. The second kappa shape index (κ2) is 6.58. The number of aliphatic hydroxyl groups is 1. The molecule has 118 valence electrons. The summed E-state index contributed by atoms with van der Waals surface area (Å²) in [5.74, 6) is -0.859. The summed E-state index contributed by atoms with van der Waals surface area (Å²) in [5, 5.41) is 8.88. The van der Waals surface area contributed by atoms with Crippen LogP contribution in [-0.2, 0) is 21.4 Å². The Labute approximate surface area is 128 Å². The van der Waals surface area contributed by atoms with E-state index in [-0.39, 0.29) is 34.7 Å². The van der Waals surface area contributed by atoms with Gasteiger partial charge in [0.05, 0.1) is 29.2 Å². The molecule has 0 spiro atoms. The Kier molecular flexibility index (Phi) is 5.21. The van der Waals surface area contributed by atoms with Gasteiger partial charge in [-0.15, -0.1) is 0 Å². The van der Waals surface area contributed by atoms with E-state index >= 15 is 0 Å². The van der Waals surface area contributed by atoms with Gasteiger partial charge in [0.15, 0.2) is 0 Å². The molecule has 1 aromatic carbocycles. The first-order valence-corrected chi connectivity index (χ1v) is 8.42. The molecule has 1 heterocycles. The normalized spacial score (nSPS) is 20.7. The first kappa shape index (κ1) is 16.6. The summed E-state index contributed by atoms with van der Waals surface area (Å²) in [6.07, 6.45) is 0.533. The molecule has 2 rings (SSSR count). The van der Waals surface area contributed by atoms with E-state index in [9.17, 15) is 12.8 Å². The van der Waals surface area contributed by atoms with Crippen LogP contribution in [0, 0.1) is 5.82 Å². The summed E-state index contributed by atoms with van der Waals surface area (Å²) in [4.78, 5) is -0.204. The van der Waals surface area contributed by atoms with Crippen LogP contribution < -0.4 is 0 Å². The first-order chi connectivity index (χ1) is 9.90. The van der Waals surface area contributed by atoms with E-state index in [1.807, 2.05) is 6.92 Å². The second-order valence-corrected chi connectivity index (χ2v) is 7.12. The average Bonchev–Trinajstić information content (AvgIpc) is 2.49. The van der Waals surface area contributed by atoms with Gasteiger partial charge in [0.1, 0.15) is 5.82 Å². The minimum atomic E-state index is -3.83. The number of hydrogen-bond donors (Lipinski definition) is 1. The lowest BCUT2D eigenvalue weighted by Crippen LogP contribution is -2.45. The Morgan fingerprint density at radius 2 is 2.24 bits per heavy atom. The number of nitrogens with zero attached hydrogens (tertiary/aromatic N) is 1. The minimum Gasteiger partial charge on any atom is -0.392 e. The van der Waals surface area contributed by atoms with Gasteiger partial charge < -0.3 is 9.84 Å². The van der Waals surface area contributed by atoms with Gasteiger partial charge in [-0.25, -0.2) is 12.8 Å². The van der Waals surface area contributed by atoms with E-state index in [4.69, 9.17) is 21.4 Å². The Morgan fingerprint density at radius 3 is 2.86 bits per heavy atom. The quantitative estimate of drug-likeness (QED) is 0.909. The van der Waals surface area contributed by atoms with E-state index in [2.05, 4.69) is 0 Å². The molecule has 1 aliphatic rings. The number of morpholine rings is 1. The lowest BCUT2D eigenvalue weighted by Gasteiger charge is -2.31. The fourth-order valence-electron chi connectivity index (χ4n) is 2.19. The van der Waals surface area contributed by atoms with E-state index in [1.54, 1.807) is 0 Å². The molecule has 0 radical (unpaired) electrons. The Bertz CT molecular complexity index is 623. The van der Waals surface area contributed by atoms with Crippen molar-refractivity contribution >= 4 is 21.6 Å². The third-order valence-corrected chi connectivity index (χ3v) is 5.71. The second-order valence-electron chi connectivity index (χ2n) is 4.80. The highest BCUT2D eigenvalue weighted by Crippen LogP contribution is 2.27. The lowest BCUT2D eigenvalue weighted by molar-refractivity contribution is -0.00278. The molecule has 0 aliphatic carbocycles. The van der Waals surface area contributed by atoms with Gasteiger partial charge in [-0.2, -0.15) is 4.31 Å². The van der Waals surface area contributed by atoms with Crippen LogP contribution in [-0.4, -0.2) is 43.6 Å². The molecule has 8 heteroatoms. The fraction of sp³-hybridized carbons (Fsp3) is 0.538. The van der Waals surface area contributed by atoms with Crippen molar-refractivity contribution in [2.45, 2.75) is 31.0 Å². The lowest BCUT2D eigenvalue weighted by atomic mass is 10.2. The van der Waals surface area contributed by atoms with Crippen molar-refractivity contribution in [2.75, 3.05) is 19.7 Å². The van der Waals surface area contributed by atoms with Gasteiger partial charge >= 0.3 is 0 Å². The standard InChI is InChI=1S/C13H17ClFNO4S/c1-2-10-7-16(3-4-20-10)21(18,19)11-5-9(8-17)13(14)12(15)6-11/h5-6,10,17H,2-4,7-8H2,1H3. The zero-order valence-electron chi connectivity index (χ0n) is 11.6. The highest BCUT2D eigenvalue weighted by Gasteiger charge is 2.31. The van der Waals surface area contributed by atoms with Crippen LogP contribution in [0.15, 0.2) is 17.0 Å². The van der Waals surface area contributed by atoms with E-state index in [1.165, 1.54) is 10.4 Å². The van der Waals surface area contributed by atoms with Gasteiger partial charge in [0, 0.05) is 18.7 Å². The molecule has 21 heavy (non-hydrogen) atoms. The van der Waals surface area contributed by atoms with Crippen molar-refractivity contribution in [3.8, 4) is 0 Å². The third kappa shape index (κ3) is 3.37. The molecule has 1 aromatic rings. The summed E-state index contributed by atoms with van der Waals surface area (Å²) in [5.41, 5.74) is 0.0514. The molecule has 5 nitrogen and oxygen atoms in total. The van der Waals surface area contributed by atoms with Crippen LogP contribution in [0.3, 0.4) is 0 Å². The van der Waals surface area contributed by atoms with E-state index in [0.717, 1.165) is 6.07 Å². The zero-order valence-corrected chi connectivity index (χ0v) is 13.1. The molecule has 0 aromatic heterocycles. The van der Waals surface area contributed by atoms with Crippen molar-refractivity contribution in [1.82, 2.24) is 4.31 Å². The Hall–Kier alpha value is -0.730. The van der Waals surface area contributed by atoms with Gasteiger partial charge in [-0.3, -0.25) is 0 Å². The predicted molar refractivity (Wildman–Crippen MR) is 76.1 cm³/mol. The van der Waals surface area contributed by atoms with Crippen LogP contribution in [0.25, 0.3) is 0 Å². The topological polar surface area (TPSA) is 66.8 Å². The number of rotatable bonds is 4. The summed E-state index contributed by atoms with van der Waals surface area (Å²) >= 11 is 5.68. The number of hydrogen-bond acceptors (Lipinski definition) is 4. The van der Waals surface area contributed by atoms with Crippen LogP contribution in [0.2, 0.25) is 5.02 Å². The largest absolute Gasteiger partial charge is 0.392 e. The van der Waals surface area contributed by atoms with Gasteiger partial charge in [0.2, 0.25) is 10.0 Å². The van der Waals surface area contributed by atoms with Crippen molar-refractivity contribution in [2.24, 2.45) is 0 Å². The van der Waals surface area contributed by atoms with Crippen molar-refractivity contribution in [1.29, 1.82) is 0 Å². The summed E-state index contributed by atoms with van der Waals surface area (Å²) in [6.45, 7) is 2.14. The third-order valence-electron chi connectivity index (χ3n) is 3.44. The highest BCUT2D eigenvalue weighted by atomic mass is 35.5. The monoisotopic (exact) mass is 337 g/mol. The molecular weight excluding hydrogens is 321 g/mol. The maximum Gasteiger partial charge on any atom is 0.243 e. The number of aliphatic hydroxyl groups excluding tert-OH is 1. The number of halogens is 2. The van der Waals surface area contributed by atoms with E-state index in [0.29, 0.717) is 13.0 Å². The van der Waals surface area contributed by atoms with Gasteiger partial charge in [-0.05, 0) is 18.6 Å². The summed E-state index contributed by atoms with van der Waals surface area (Å²) < 4.78 is 45.5. The first-order valence-electron chi connectivity index (χ1n) is 6.60. The Morgan fingerprint density at radius 1 is 1.52 bits per heavy atom. The molecule has 1 aliphatic heterocycles. The molecular formula is C13H17ClFNO4S. The van der Waals surface area contributed by atoms with Crippen LogP contribution in [0.4, 0.5) is 4.39 Å². The van der Waals surface area contributed by atoms with Gasteiger partial charge in [-0.1, -0.05) is 18.5 Å². The molecule has 1 N–H and O–H groups in total. The maximum absolute atomic E-state index is 13.7. The van der Waals surface area contributed by atoms with Crippen molar-refractivity contribution in [3.63, 3.8) is 0 Å². The number of sulfonamides is 1. The molecule has 1 atom stereocenters. The fourth-order valence-corrected chi connectivity index (χ4v) is 3.88. The maximum atomic E-state index is 13.7. The minimum absolute atomic E-state index is 0.0514.